The van der Waals surface area contributed by atoms with Crippen LogP contribution < -0.4 is 14.2 Å². The molecule has 138 valence electrons. The van der Waals surface area contributed by atoms with Crippen LogP contribution in [0.1, 0.15) is 22.8 Å². The van der Waals surface area contributed by atoms with E-state index in [0.717, 1.165) is 0 Å². The summed E-state index contributed by atoms with van der Waals surface area (Å²) in [6.45, 7) is 1.55. The molecule has 2 aromatic rings. The lowest BCUT2D eigenvalue weighted by Crippen LogP contribution is -2.25. The zero-order valence-corrected chi connectivity index (χ0v) is 15.3. The van der Waals surface area contributed by atoms with Crippen LogP contribution in [0.25, 0.3) is 0 Å². The van der Waals surface area contributed by atoms with E-state index in [0.29, 0.717) is 28.4 Å². The maximum absolute atomic E-state index is 12.4. The molecule has 0 saturated heterocycles. The molecule has 2 rings (SSSR count). The van der Waals surface area contributed by atoms with Gasteiger partial charge in [-0.25, -0.2) is 0 Å². The molecule has 2 aromatic carbocycles. The smallest absolute Gasteiger partial charge is 0.310 e. The maximum atomic E-state index is 12.4. The quantitative estimate of drug-likeness (QED) is 0.533. The van der Waals surface area contributed by atoms with E-state index >= 15 is 0 Å². The number of methoxy groups -OCH3 is 3. The summed E-state index contributed by atoms with van der Waals surface area (Å²) in [5.41, 5.74) is 1.16. The van der Waals surface area contributed by atoms with E-state index < -0.39 is 12.1 Å². The van der Waals surface area contributed by atoms with Gasteiger partial charge in [0.1, 0.15) is 5.75 Å². The maximum Gasteiger partial charge on any atom is 0.310 e. The Balaban J connectivity index is 1.98. The SMILES string of the molecule is COc1ccc(C(=O)[C@H](C)OC(=O)Cc2ccc(OC)c(OC)c2)cc1. The first kappa shape index (κ1) is 19.3. The Bertz CT molecular complexity index is 766. The van der Waals surface area contributed by atoms with Crippen molar-refractivity contribution in [3.05, 3.63) is 53.6 Å². The molecule has 0 aliphatic heterocycles. The van der Waals surface area contributed by atoms with Gasteiger partial charge in [0.05, 0.1) is 27.8 Å². The first-order valence-electron chi connectivity index (χ1n) is 8.07. The van der Waals surface area contributed by atoms with E-state index in [1.807, 2.05) is 0 Å². The lowest BCUT2D eigenvalue weighted by atomic mass is 10.1. The minimum Gasteiger partial charge on any atom is -0.497 e. The fourth-order valence-corrected chi connectivity index (χ4v) is 2.44. The van der Waals surface area contributed by atoms with E-state index in [4.69, 9.17) is 18.9 Å². The molecule has 0 aliphatic rings. The first-order chi connectivity index (χ1) is 12.5. The minimum absolute atomic E-state index is 0.0284. The molecular formula is C20H22O6. The number of Topliss-reactive ketones (excluding diaryl/α,β-unsaturated/α-hetero) is 1. The number of ether oxygens (including phenoxy) is 4. The Labute approximate surface area is 152 Å². The molecule has 26 heavy (non-hydrogen) atoms. The first-order valence-corrected chi connectivity index (χ1v) is 8.07. The summed E-state index contributed by atoms with van der Waals surface area (Å²) in [4.78, 5) is 24.5. The zero-order valence-electron chi connectivity index (χ0n) is 15.3. The Kier molecular flexibility index (Phi) is 6.60. The zero-order chi connectivity index (χ0) is 19.1. The molecule has 0 aliphatic carbocycles. The molecule has 0 heterocycles. The molecule has 0 unspecified atom stereocenters. The topological polar surface area (TPSA) is 71.1 Å². The van der Waals surface area contributed by atoms with Gasteiger partial charge in [0.2, 0.25) is 5.78 Å². The van der Waals surface area contributed by atoms with E-state index in [1.165, 1.54) is 14.2 Å². The molecule has 0 N–H and O–H groups in total. The standard InChI is InChI=1S/C20H22O6/c1-13(20(22)15-6-8-16(23-2)9-7-15)26-19(21)12-14-5-10-17(24-3)18(11-14)25-4/h5-11,13H,12H2,1-4H3/t13-/m0/s1. The van der Waals surface area contributed by atoms with E-state index in [9.17, 15) is 9.59 Å². The van der Waals surface area contributed by atoms with Crippen molar-refractivity contribution in [3.63, 3.8) is 0 Å². The normalized spacial score (nSPS) is 11.4. The van der Waals surface area contributed by atoms with Crippen LogP contribution in [0.5, 0.6) is 17.2 Å². The summed E-state index contributed by atoms with van der Waals surface area (Å²) < 4.78 is 20.7. The van der Waals surface area contributed by atoms with E-state index in [1.54, 1.807) is 56.5 Å². The molecule has 0 spiro atoms. The molecule has 0 bridgehead atoms. The average molecular weight is 358 g/mol. The molecule has 6 nitrogen and oxygen atoms in total. The second-order valence-electron chi connectivity index (χ2n) is 5.59. The summed E-state index contributed by atoms with van der Waals surface area (Å²) in [7, 11) is 4.61. The Morgan fingerprint density at radius 1 is 0.885 bits per heavy atom. The van der Waals surface area contributed by atoms with Gasteiger partial charge in [0, 0.05) is 5.56 Å². The number of carbonyl (C=O) groups is 2. The minimum atomic E-state index is -0.879. The highest BCUT2D eigenvalue weighted by Gasteiger charge is 2.20. The molecule has 0 aromatic heterocycles. The van der Waals surface area contributed by atoms with Gasteiger partial charge in [0.25, 0.3) is 0 Å². The van der Waals surface area contributed by atoms with Gasteiger partial charge in [-0.15, -0.1) is 0 Å². The van der Waals surface area contributed by atoms with Crippen LogP contribution in [-0.4, -0.2) is 39.2 Å². The van der Waals surface area contributed by atoms with Crippen LogP contribution in [0.3, 0.4) is 0 Å². The number of rotatable bonds is 8. The second kappa shape index (κ2) is 8.89. The molecule has 1 atom stereocenters. The van der Waals surface area contributed by atoms with Crippen molar-refractivity contribution in [2.24, 2.45) is 0 Å². The summed E-state index contributed by atoms with van der Waals surface area (Å²) in [6, 6.07) is 11.8. The van der Waals surface area contributed by atoms with Crippen LogP contribution in [0.2, 0.25) is 0 Å². The fraction of sp³-hybridized carbons (Fsp3) is 0.300. The third kappa shape index (κ3) is 4.75. The van der Waals surface area contributed by atoms with E-state index in [-0.39, 0.29) is 12.2 Å². The largest absolute Gasteiger partial charge is 0.497 e. The van der Waals surface area contributed by atoms with Crippen molar-refractivity contribution in [3.8, 4) is 17.2 Å². The van der Waals surface area contributed by atoms with Crippen LogP contribution in [0, 0.1) is 0 Å². The van der Waals surface area contributed by atoms with Gasteiger partial charge < -0.3 is 18.9 Å². The van der Waals surface area contributed by atoms with Crippen molar-refractivity contribution < 1.29 is 28.5 Å². The van der Waals surface area contributed by atoms with Crippen LogP contribution in [0.15, 0.2) is 42.5 Å². The molecule has 0 amide bonds. The highest BCUT2D eigenvalue weighted by molar-refractivity contribution is 6.00. The van der Waals surface area contributed by atoms with Gasteiger partial charge in [-0.2, -0.15) is 0 Å². The third-order valence-corrected chi connectivity index (χ3v) is 3.85. The molecule has 0 saturated carbocycles. The van der Waals surface area contributed by atoms with Crippen molar-refractivity contribution in [1.82, 2.24) is 0 Å². The van der Waals surface area contributed by atoms with Crippen molar-refractivity contribution in [1.29, 1.82) is 0 Å². The monoisotopic (exact) mass is 358 g/mol. The van der Waals surface area contributed by atoms with Crippen LogP contribution >= 0.6 is 0 Å². The molecule has 0 radical (unpaired) electrons. The Morgan fingerprint density at radius 3 is 2.12 bits per heavy atom. The molecular weight excluding hydrogens is 336 g/mol. The van der Waals surface area contributed by atoms with Crippen LogP contribution in [-0.2, 0) is 16.0 Å². The lowest BCUT2D eigenvalue weighted by Gasteiger charge is -2.13. The summed E-state index contributed by atoms with van der Waals surface area (Å²) >= 11 is 0. The van der Waals surface area contributed by atoms with Gasteiger partial charge in [-0.1, -0.05) is 6.07 Å². The molecule has 0 fully saturated rings. The number of carbonyl (C=O) groups excluding carboxylic acids is 2. The Hall–Kier alpha value is -3.02. The van der Waals surface area contributed by atoms with Crippen molar-refractivity contribution in [2.45, 2.75) is 19.4 Å². The van der Waals surface area contributed by atoms with Crippen molar-refractivity contribution in [2.75, 3.05) is 21.3 Å². The number of ketones is 1. The summed E-state index contributed by atoms with van der Waals surface area (Å²) in [6.07, 6.45) is -0.850. The second-order valence-corrected chi connectivity index (χ2v) is 5.59. The third-order valence-electron chi connectivity index (χ3n) is 3.85. The lowest BCUT2D eigenvalue weighted by molar-refractivity contribution is -0.145. The number of esters is 1. The van der Waals surface area contributed by atoms with Gasteiger partial charge >= 0.3 is 5.97 Å². The van der Waals surface area contributed by atoms with Crippen LogP contribution in [0.4, 0.5) is 0 Å². The number of benzene rings is 2. The fourth-order valence-electron chi connectivity index (χ4n) is 2.44. The number of hydrogen-bond acceptors (Lipinski definition) is 6. The summed E-state index contributed by atoms with van der Waals surface area (Å²) in [5, 5.41) is 0. The summed E-state index contributed by atoms with van der Waals surface area (Å²) in [5.74, 6) is 0.993. The highest BCUT2D eigenvalue weighted by atomic mass is 16.5. The van der Waals surface area contributed by atoms with E-state index in [2.05, 4.69) is 0 Å². The average Bonchev–Trinajstić information content (AvgIpc) is 2.67. The van der Waals surface area contributed by atoms with Crippen molar-refractivity contribution >= 4 is 11.8 Å². The predicted molar refractivity (Wildman–Crippen MR) is 96.1 cm³/mol. The highest BCUT2D eigenvalue weighted by Crippen LogP contribution is 2.27. The van der Waals surface area contributed by atoms with Gasteiger partial charge in [-0.3, -0.25) is 9.59 Å². The number of hydrogen-bond donors (Lipinski definition) is 0. The van der Waals surface area contributed by atoms with Gasteiger partial charge in [0.15, 0.2) is 17.6 Å². The van der Waals surface area contributed by atoms with Gasteiger partial charge in [-0.05, 0) is 48.9 Å². The predicted octanol–water partition coefficient (Wildman–Crippen LogP) is 3.07. The Morgan fingerprint density at radius 2 is 1.54 bits per heavy atom. The molecule has 6 heteroatoms.